The minimum absolute atomic E-state index is 0.198. The Hall–Kier alpha value is -5.11. The molecule has 0 saturated heterocycles. The Bertz CT molecular complexity index is 1540. The molecule has 8 nitrogen and oxygen atoms in total. The number of azo groups is 1. The van der Waals surface area contributed by atoms with Gasteiger partial charge in [-0.2, -0.15) is 5.11 Å². The molecule has 1 amide bonds. The number of carbonyl (C=O) groups is 1. The van der Waals surface area contributed by atoms with E-state index in [4.69, 9.17) is 0 Å². The molecule has 36 heavy (non-hydrogen) atoms. The second-order valence-electron chi connectivity index (χ2n) is 7.96. The summed E-state index contributed by atoms with van der Waals surface area (Å²) in [6.07, 6.45) is 3.36. The summed E-state index contributed by atoms with van der Waals surface area (Å²) in [5.41, 5.74) is 3.88. The predicted molar refractivity (Wildman–Crippen MR) is 138 cm³/mol. The van der Waals surface area contributed by atoms with Crippen LogP contribution < -0.4 is 10.9 Å². The van der Waals surface area contributed by atoms with Gasteiger partial charge in [0, 0.05) is 30.1 Å². The van der Waals surface area contributed by atoms with Crippen molar-refractivity contribution < 1.29 is 4.79 Å². The van der Waals surface area contributed by atoms with E-state index in [1.54, 1.807) is 36.7 Å². The summed E-state index contributed by atoms with van der Waals surface area (Å²) in [6, 6.07) is 29.2. The largest absolute Gasteiger partial charge is 0.348 e. The number of nitrogens with zero attached hydrogens (tertiary/aromatic N) is 4. The lowest BCUT2D eigenvalue weighted by atomic mass is 10.1. The summed E-state index contributed by atoms with van der Waals surface area (Å²) < 4.78 is 1.40. The van der Waals surface area contributed by atoms with Gasteiger partial charge in [0.15, 0.2) is 5.69 Å². The number of hydrogen-bond donors (Lipinski definition) is 2. The van der Waals surface area contributed by atoms with Gasteiger partial charge in [0.2, 0.25) is 0 Å². The average Bonchev–Trinajstić information content (AvgIpc) is 3.28. The Balaban J connectivity index is 1.44. The van der Waals surface area contributed by atoms with Crippen molar-refractivity contribution in [3.63, 3.8) is 0 Å². The smallest absolute Gasteiger partial charge is 0.299 e. The van der Waals surface area contributed by atoms with Gasteiger partial charge in [-0.25, -0.2) is 4.68 Å². The third-order valence-corrected chi connectivity index (χ3v) is 5.54. The van der Waals surface area contributed by atoms with Gasteiger partial charge < -0.3 is 5.32 Å². The molecule has 0 unspecified atom stereocenters. The van der Waals surface area contributed by atoms with Crippen LogP contribution in [0.15, 0.2) is 124 Å². The molecule has 3 aromatic carbocycles. The lowest BCUT2D eigenvalue weighted by Gasteiger charge is -2.07. The van der Waals surface area contributed by atoms with Gasteiger partial charge in [-0.15, -0.1) is 5.11 Å². The Labute approximate surface area is 207 Å². The Morgan fingerprint density at radius 2 is 1.50 bits per heavy atom. The topological polar surface area (TPSA) is 104 Å². The average molecular weight is 475 g/mol. The summed E-state index contributed by atoms with van der Waals surface area (Å²) in [7, 11) is 0. The fraction of sp³-hybridized carbons (Fsp3) is 0.0357. The fourth-order valence-corrected chi connectivity index (χ4v) is 3.66. The summed E-state index contributed by atoms with van der Waals surface area (Å²) >= 11 is 0. The molecule has 2 aromatic heterocycles. The molecule has 0 atom stereocenters. The molecular weight excluding hydrogens is 452 g/mol. The monoisotopic (exact) mass is 474 g/mol. The first kappa shape index (κ1) is 22.7. The van der Waals surface area contributed by atoms with Crippen molar-refractivity contribution in [2.24, 2.45) is 10.2 Å². The second-order valence-corrected chi connectivity index (χ2v) is 7.96. The van der Waals surface area contributed by atoms with Crippen molar-refractivity contribution in [3.8, 4) is 16.9 Å². The molecule has 2 heterocycles. The number of benzene rings is 3. The molecule has 0 aliphatic carbocycles. The molecule has 0 aliphatic rings. The zero-order valence-electron chi connectivity index (χ0n) is 19.2. The molecule has 0 aliphatic heterocycles. The van der Waals surface area contributed by atoms with Crippen LogP contribution in [-0.2, 0) is 6.54 Å². The van der Waals surface area contributed by atoms with Crippen LogP contribution in [0.25, 0.3) is 16.9 Å². The third kappa shape index (κ3) is 5.02. The van der Waals surface area contributed by atoms with E-state index in [2.05, 4.69) is 25.6 Å². The maximum Gasteiger partial charge on any atom is 0.299 e. The van der Waals surface area contributed by atoms with E-state index in [9.17, 15) is 9.59 Å². The maximum absolute atomic E-state index is 13.4. The molecule has 0 bridgehead atoms. The van der Waals surface area contributed by atoms with E-state index in [-0.39, 0.29) is 17.2 Å². The SMILES string of the molecule is O=C(NCc1ccncc1)c1ccc(-n2[nH]c(-c3ccccc3)c(N=Nc3ccccc3)c2=O)cc1. The first-order valence-electron chi connectivity index (χ1n) is 11.3. The zero-order chi connectivity index (χ0) is 24.7. The van der Waals surface area contributed by atoms with Crippen molar-refractivity contribution in [2.75, 3.05) is 0 Å². The minimum Gasteiger partial charge on any atom is -0.348 e. The van der Waals surface area contributed by atoms with Crippen LogP contribution in [0.4, 0.5) is 11.4 Å². The highest BCUT2D eigenvalue weighted by Crippen LogP contribution is 2.28. The van der Waals surface area contributed by atoms with E-state index < -0.39 is 0 Å². The van der Waals surface area contributed by atoms with Gasteiger partial charge >= 0.3 is 0 Å². The van der Waals surface area contributed by atoms with Crippen LogP contribution in [0.5, 0.6) is 0 Å². The molecule has 176 valence electrons. The van der Waals surface area contributed by atoms with Crippen molar-refractivity contribution in [2.45, 2.75) is 6.54 Å². The molecule has 0 fully saturated rings. The van der Waals surface area contributed by atoms with Crippen LogP contribution in [0, 0.1) is 0 Å². The van der Waals surface area contributed by atoms with Crippen LogP contribution >= 0.6 is 0 Å². The number of aromatic amines is 1. The van der Waals surface area contributed by atoms with Gasteiger partial charge in [0.05, 0.1) is 17.1 Å². The second kappa shape index (κ2) is 10.4. The number of hydrogen-bond acceptors (Lipinski definition) is 5. The number of nitrogens with one attached hydrogen (secondary N) is 2. The van der Waals surface area contributed by atoms with Crippen molar-refractivity contribution in [3.05, 3.63) is 131 Å². The quantitative estimate of drug-likeness (QED) is 0.301. The molecule has 0 radical (unpaired) electrons. The molecule has 5 aromatic rings. The van der Waals surface area contributed by atoms with Crippen molar-refractivity contribution in [1.29, 1.82) is 0 Å². The highest BCUT2D eigenvalue weighted by Gasteiger charge is 2.17. The van der Waals surface area contributed by atoms with Crippen molar-refractivity contribution >= 4 is 17.3 Å². The molecule has 2 N–H and O–H groups in total. The van der Waals surface area contributed by atoms with Crippen LogP contribution in [-0.4, -0.2) is 20.7 Å². The summed E-state index contributed by atoms with van der Waals surface area (Å²) in [4.78, 5) is 29.9. The number of H-pyrrole nitrogens is 1. The molecular formula is C28H22N6O2. The number of amides is 1. The van der Waals surface area contributed by atoms with Gasteiger partial charge in [0.25, 0.3) is 11.5 Å². The van der Waals surface area contributed by atoms with Crippen LogP contribution in [0.1, 0.15) is 15.9 Å². The van der Waals surface area contributed by atoms with E-state index in [0.717, 1.165) is 11.1 Å². The molecule has 0 spiro atoms. The molecule has 5 rings (SSSR count). The van der Waals surface area contributed by atoms with E-state index >= 15 is 0 Å². The predicted octanol–water partition coefficient (Wildman–Crippen LogP) is 5.57. The summed E-state index contributed by atoms with van der Waals surface area (Å²) in [5.74, 6) is -0.209. The zero-order valence-corrected chi connectivity index (χ0v) is 19.2. The Morgan fingerprint density at radius 3 is 2.19 bits per heavy atom. The number of carbonyl (C=O) groups excluding carboxylic acids is 1. The Morgan fingerprint density at radius 1 is 0.833 bits per heavy atom. The lowest BCUT2D eigenvalue weighted by Crippen LogP contribution is -2.23. The lowest BCUT2D eigenvalue weighted by molar-refractivity contribution is 0.0951. The van der Waals surface area contributed by atoms with Gasteiger partial charge in [-0.05, 0) is 54.1 Å². The number of pyridine rings is 1. The maximum atomic E-state index is 13.4. The standard InChI is InChI=1S/C28H22N6O2/c35-27(30-19-20-15-17-29-18-16-20)22-11-13-24(14-12-22)34-28(36)26(32-31-23-9-5-2-6-10-23)25(33-34)21-7-3-1-4-8-21/h1-18,33H,19H2,(H,30,35). The van der Waals surface area contributed by atoms with Crippen LogP contribution in [0.2, 0.25) is 0 Å². The van der Waals surface area contributed by atoms with E-state index in [0.29, 0.717) is 29.2 Å². The summed E-state index contributed by atoms with van der Waals surface area (Å²) in [5, 5.41) is 14.6. The van der Waals surface area contributed by atoms with Gasteiger partial charge in [-0.1, -0.05) is 48.5 Å². The highest BCUT2D eigenvalue weighted by molar-refractivity contribution is 5.94. The molecule has 0 saturated carbocycles. The van der Waals surface area contributed by atoms with Crippen LogP contribution in [0.3, 0.4) is 0 Å². The minimum atomic E-state index is -0.344. The molecule has 8 heteroatoms. The highest BCUT2D eigenvalue weighted by atomic mass is 16.1. The summed E-state index contributed by atoms with van der Waals surface area (Å²) in [6.45, 7) is 0.398. The van der Waals surface area contributed by atoms with Gasteiger partial charge in [0.1, 0.15) is 0 Å². The van der Waals surface area contributed by atoms with Gasteiger partial charge in [-0.3, -0.25) is 19.7 Å². The Kier molecular flexibility index (Phi) is 6.57. The number of rotatable bonds is 7. The number of aromatic nitrogens is 3. The van der Waals surface area contributed by atoms with E-state index in [1.165, 1.54) is 4.68 Å². The normalized spacial score (nSPS) is 11.0. The van der Waals surface area contributed by atoms with E-state index in [1.807, 2.05) is 72.8 Å². The first-order valence-corrected chi connectivity index (χ1v) is 11.3. The first-order chi connectivity index (χ1) is 17.7. The van der Waals surface area contributed by atoms with Crippen molar-refractivity contribution in [1.82, 2.24) is 20.1 Å². The fourth-order valence-electron chi connectivity index (χ4n) is 3.66. The third-order valence-electron chi connectivity index (χ3n) is 5.54.